The SMILES string of the molecule is Cc1c(C)n(C(C)C)c2ccc(CN3CCC4(CC3)CC(c3ccc(C(=O)O)cc3)=NO4)cc12. The summed E-state index contributed by atoms with van der Waals surface area (Å²) in [7, 11) is 0. The van der Waals surface area contributed by atoms with E-state index in [1.54, 1.807) is 12.1 Å². The van der Waals surface area contributed by atoms with E-state index in [2.05, 4.69) is 60.5 Å². The average Bonchev–Trinajstić information content (AvgIpc) is 3.35. The second-order valence-corrected chi connectivity index (χ2v) is 10.2. The van der Waals surface area contributed by atoms with Crippen LogP contribution in [0.2, 0.25) is 0 Å². The molecule has 0 aliphatic carbocycles. The van der Waals surface area contributed by atoms with Crippen LogP contribution in [0.25, 0.3) is 10.9 Å². The van der Waals surface area contributed by atoms with Gasteiger partial charge in [0.1, 0.15) is 5.60 Å². The molecular weight excluding hydrogens is 426 g/mol. The molecular formula is C28H33N3O3. The molecule has 1 N–H and O–H groups in total. The quantitative estimate of drug-likeness (QED) is 0.532. The Morgan fingerprint density at radius 2 is 1.82 bits per heavy atom. The maximum Gasteiger partial charge on any atom is 0.335 e. The van der Waals surface area contributed by atoms with Gasteiger partial charge in [0.2, 0.25) is 0 Å². The molecule has 34 heavy (non-hydrogen) atoms. The second-order valence-electron chi connectivity index (χ2n) is 10.2. The zero-order valence-corrected chi connectivity index (χ0v) is 20.5. The number of hydrogen-bond acceptors (Lipinski definition) is 4. The Bertz CT molecular complexity index is 1260. The fourth-order valence-electron chi connectivity index (χ4n) is 5.54. The molecule has 2 aliphatic heterocycles. The van der Waals surface area contributed by atoms with Crippen LogP contribution in [-0.2, 0) is 11.4 Å². The first-order chi connectivity index (χ1) is 16.3. The highest BCUT2D eigenvalue weighted by molar-refractivity contribution is 6.02. The summed E-state index contributed by atoms with van der Waals surface area (Å²) in [6, 6.07) is 14.3. The highest BCUT2D eigenvalue weighted by Crippen LogP contribution is 2.37. The smallest absolute Gasteiger partial charge is 0.335 e. The van der Waals surface area contributed by atoms with Crippen LogP contribution < -0.4 is 0 Å². The summed E-state index contributed by atoms with van der Waals surface area (Å²) >= 11 is 0. The summed E-state index contributed by atoms with van der Waals surface area (Å²) in [4.78, 5) is 19.6. The fraction of sp³-hybridized carbons (Fsp3) is 0.429. The van der Waals surface area contributed by atoms with E-state index in [4.69, 9.17) is 9.94 Å². The zero-order valence-electron chi connectivity index (χ0n) is 20.5. The number of aromatic carboxylic acids is 1. The van der Waals surface area contributed by atoms with Crippen molar-refractivity contribution in [3.63, 3.8) is 0 Å². The third-order valence-corrected chi connectivity index (χ3v) is 7.62. The van der Waals surface area contributed by atoms with Gasteiger partial charge in [0.05, 0.1) is 11.3 Å². The summed E-state index contributed by atoms with van der Waals surface area (Å²) in [6.45, 7) is 11.8. The minimum absolute atomic E-state index is 0.233. The van der Waals surface area contributed by atoms with E-state index in [1.807, 2.05) is 12.1 Å². The molecule has 1 fully saturated rings. The molecule has 2 aliphatic rings. The Morgan fingerprint density at radius 3 is 2.47 bits per heavy atom. The van der Waals surface area contributed by atoms with Gasteiger partial charge in [-0.3, -0.25) is 4.90 Å². The van der Waals surface area contributed by atoms with Crippen LogP contribution in [0.4, 0.5) is 0 Å². The monoisotopic (exact) mass is 459 g/mol. The Labute approximate surface area is 200 Å². The van der Waals surface area contributed by atoms with Crippen molar-refractivity contribution in [3.8, 4) is 0 Å². The molecule has 3 aromatic rings. The van der Waals surface area contributed by atoms with Gasteiger partial charge in [0.15, 0.2) is 0 Å². The van der Waals surface area contributed by atoms with Crippen molar-refractivity contribution in [3.05, 3.63) is 70.4 Å². The Morgan fingerprint density at radius 1 is 1.12 bits per heavy atom. The van der Waals surface area contributed by atoms with Crippen LogP contribution >= 0.6 is 0 Å². The molecule has 178 valence electrons. The van der Waals surface area contributed by atoms with Crippen LogP contribution in [0.1, 0.15) is 71.9 Å². The number of carbonyl (C=O) groups is 1. The molecule has 3 heterocycles. The van der Waals surface area contributed by atoms with Crippen molar-refractivity contribution in [2.24, 2.45) is 5.16 Å². The number of benzene rings is 2. The maximum absolute atomic E-state index is 11.1. The largest absolute Gasteiger partial charge is 0.478 e. The van der Waals surface area contributed by atoms with Gasteiger partial charge >= 0.3 is 5.97 Å². The van der Waals surface area contributed by atoms with E-state index in [9.17, 15) is 4.79 Å². The van der Waals surface area contributed by atoms with Crippen LogP contribution in [0.3, 0.4) is 0 Å². The predicted octanol–water partition coefficient (Wildman–Crippen LogP) is 5.70. The van der Waals surface area contributed by atoms with Crippen molar-refractivity contribution in [1.29, 1.82) is 0 Å². The molecule has 0 radical (unpaired) electrons. The minimum atomic E-state index is -0.915. The number of fused-ring (bicyclic) bond motifs is 1. The molecule has 0 bridgehead atoms. The molecule has 0 atom stereocenters. The number of nitrogens with zero attached hydrogens (tertiary/aromatic N) is 3. The lowest BCUT2D eigenvalue weighted by Gasteiger charge is -2.37. The predicted molar refractivity (Wildman–Crippen MR) is 135 cm³/mol. The molecule has 1 aromatic heterocycles. The molecule has 1 spiro atoms. The van der Waals surface area contributed by atoms with Crippen LogP contribution in [0.5, 0.6) is 0 Å². The molecule has 6 heteroatoms. The van der Waals surface area contributed by atoms with Crippen molar-refractivity contribution >= 4 is 22.6 Å². The first-order valence-corrected chi connectivity index (χ1v) is 12.2. The van der Waals surface area contributed by atoms with Gasteiger partial charge in [-0.15, -0.1) is 0 Å². The molecule has 0 amide bonds. The van der Waals surface area contributed by atoms with Crippen LogP contribution in [0, 0.1) is 13.8 Å². The van der Waals surface area contributed by atoms with Gasteiger partial charge in [0.25, 0.3) is 0 Å². The Balaban J connectivity index is 1.23. The summed E-state index contributed by atoms with van der Waals surface area (Å²) in [5.41, 5.74) is 7.33. The molecule has 6 nitrogen and oxygen atoms in total. The third-order valence-electron chi connectivity index (χ3n) is 7.62. The van der Waals surface area contributed by atoms with E-state index in [-0.39, 0.29) is 11.2 Å². The number of hydrogen-bond donors (Lipinski definition) is 1. The van der Waals surface area contributed by atoms with E-state index < -0.39 is 5.97 Å². The molecule has 1 saturated heterocycles. The number of aromatic nitrogens is 1. The topological polar surface area (TPSA) is 67.1 Å². The first kappa shape index (κ1) is 22.7. The lowest BCUT2D eigenvalue weighted by atomic mass is 9.85. The fourth-order valence-corrected chi connectivity index (χ4v) is 5.54. The molecule has 5 rings (SSSR count). The summed E-state index contributed by atoms with van der Waals surface area (Å²) < 4.78 is 2.43. The summed E-state index contributed by atoms with van der Waals surface area (Å²) in [5, 5.41) is 14.9. The van der Waals surface area contributed by atoms with Crippen molar-refractivity contribution in [2.45, 2.75) is 65.1 Å². The zero-order chi connectivity index (χ0) is 24.0. The Hall–Kier alpha value is -3.12. The van der Waals surface area contributed by atoms with Gasteiger partial charge in [0, 0.05) is 61.5 Å². The third kappa shape index (κ3) is 4.00. The van der Waals surface area contributed by atoms with Gasteiger partial charge in [-0.2, -0.15) is 0 Å². The van der Waals surface area contributed by atoms with Gasteiger partial charge in [-0.05, 0) is 68.7 Å². The summed E-state index contributed by atoms with van der Waals surface area (Å²) in [6.07, 6.45) is 2.66. The van der Waals surface area contributed by atoms with Crippen molar-refractivity contribution in [2.75, 3.05) is 13.1 Å². The maximum atomic E-state index is 11.1. The van der Waals surface area contributed by atoms with Gasteiger partial charge < -0.3 is 14.5 Å². The van der Waals surface area contributed by atoms with E-state index in [0.29, 0.717) is 6.04 Å². The summed E-state index contributed by atoms with van der Waals surface area (Å²) in [5.74, 6) is -0.915. The average molecular weight is 460 g/mol. The highest BCUT2D eigenvalue weighted by Gasteiger charge is 2.42. The number of likely N-dealkylation sites (tertiary alicyclic amines) is 1. The molecule has 2 aromatic carbocycles. The van der Waals surface area contributed by atoms with E-state index in [1.165, 1.54) is 27.7 Å². The number of oxime groups is 1. The number of piperidine rings is 1. The number of aryl methyl sites for hydroxylation is 1. The molecule has 0 saturated carbocycles. The lowest BCUT2D eigenvalue weighted by Crippen LogP contribution is -2.44. The standard InChI is InChI=1S/C28H33N3O3/c1-18(2)31-20(4)19(3)24-15-21(5-10-26(24)31)17-30-13-11-28(12-14-30)16-25(29-34-28)22-6-8-23(9-7-22)27(32)33/h5-10,15,18H,11-14,16-17H2,1-4H3,(H,32,33). The second kappa shape index (κ2) is 8.58. The normalized spacial score (nSPS) is 18.0. The lowest BCUT2D eigenvalue weighted by molar-refractivity contribution is -0.0626. The van der Waals surface area contributed by atoms with E-state index >= 15 is 0 Å². The Kier molecular flexibility index (Phi) is 5.72. The van der Waals surface area contributed by atoms with Crippen molar-refractivity contribution in [1.82, 2.24) is 9.47 Å². The number of carboxylic acids is 1. The highest BCUT2D eigenvalue weighted by atomic mass is 16.7. The van der Waals surface area contributed by atoms with Crippen molar-refractivity contribution < 1.29 is 14.7 Å². The van der Waals surface area contributed by atoms with E-state index in [0.717, 1.165) is 50.2 Å². The van der Waals surface area contributed by atoms with Crippen LogP contribution in [0.15, 0.2) is 47.6 Å². The van der Waals surface area contributed by atoms with Gasteiger partial charge in [-0.1, -0.05) is 23.4 Å². The van der Waals surface area contributed by atoms with Crippen LogP contribution in [-0.4, -0.2) is 44.9 Å². The number of rotatable bonds is 5. The minimum Gasteiger partial charge on any atom is -0.478 e. The van der Waals surface area contributed by atoms with Gasteiger partial charge in [-0.25, -0.2) is 4.79 Å². The first-order valence-electron chi connectivity index (χ1n) is 12.2. The molecule has 0 unspecified atom stereocenters. The number of carboxylic acid groups (broad SMARTS) is 1.